The van der Waals surface area contributed by atoms with E-state index >= 15 is 0 Å². The minimum Gasteiger partial charge on any atom is -0.338 e. The van der Waals surface area contributed by atoms with Crippen molar-refractivity contribution in [2.24, 2.45) is 5.92 Å². The number of anilines is 1. The van der Waals surface area contributed by atoms with Crippen LogP contribution in [0.25, 0.3) is 0 Å². The van der Waals surface area contributed by atoms with E-state index in [4.69, 9.17) is 11.6 Å². The quantitative estimate of drug-likeness (QED) is 0.663. The highest BCUT2D eigenvalue weighted by Gasteiger charge is 2.23. The first-order valence-electron chi connectivity index (χ1n) is 9.81. The number of likely N-dealkylation sites (tertiary alicyclic amines) is 1. The van der Waals surface area contributed by atoms with Crippen LogP contribution >= 0.6 is 11.6 Å². The number of urea groups is 1. The maximum Gasteiger partial charge on any atom is 0.319 e. The standard InChI is InChI=1S/C19H31ClN4O3S/c1-4-24(5-2)28(26,27)16-6-7-17(20)18(14-16)22-19(25)21-11-8-15-9-12-23(3)13-10-15/h6-7,14-15H,4-5,8-13H2,1-3H3,(H2,21,22,25). The van der Waals surface area contributed by atoms with Gasteiger partial charge in [0, 0.05) is 19.6 Å². The van der Waals surface area contributed by atoms with Crippen molar-refractivity contribution >= 4 is 33.3 Å². The van der Waals surface area contributed by atoms with Gasteiger partial charge in [-0.15, -0.1) is 0 Å². The van der Waals surface area contributed by atoms with E-state index in [-0.39, 0.29) is 16.6 Å². The molecule has 158 valence electrons. The van der Waals surface area contributed by atoms with Crippen molar-refractivity contribution in [2.45, 2.75) is 38.0 Å². The molecule has 2 amide bonds. The maximum absolute atomic E-state index is 12.7. The molecule has 0 radical (unpaired) electrons. The molecule has 0 bridgehead atoms. The van der Waals surface area contributed by atoms with Gasteiger partial charge in [0.25, 0.3) is 0 Å². The van der Waals surface area contributed by atoms with E-state index in [2.05, 4.69) is 22.6 Å². The molecular formula is C19H31ClN4O3S. The van der Waals surface area contributed by atoms with Gasteiger partial charge in [0.2, 0.25) is 10.0 Å². The summed E-state index contributed by atoms with van der Waals surface area (Å²) in [5, 5.41) is 5.80. The van der Waals surface area contributed by atoms with Crippen LogP contribution in [0.4, 0.5) is 10.5 Å². The van der Waals surface area contributed by atoms with Crippen molar-refractivity contribution in [2.75, 3.05) is 45.1 Å². The molecule has 7 nitrogen and oxygen atoms in total. The van der Waals surface area contributed by atoms with Gasteiger partial charge < -0.3 is 15.5 Å². The molecule has 9 heteroatoms. The lowest BCUT2D eigenvalue weighted by molar-refractivity contribution is 0.211. The maximum atomic E-state index is 12.7. The molecule has 0 atom stereocenters. The van der Waals surface area contributed by atoms with Crippen molar-refractivity contribution in [3.63, 3.8) is 0 Å². The van der Waals surface area contributed by atoms with Crippen molar-refractivity contribution in [3.8, 4) is 0 Å². The van der Waals surface area contributed by atoms with Crippen LogP contribution in [0.1, 0.15) is 33.1 Å². The number of sulfonamides is 1. The molecule has 28 heavy (non-hydrogen) atoms. The molecule has 0 aromatic heterocycles. The van der Waals surface area contributed by atoms with Crippen LogP contribution in [0.15, 0.2) is 23.1 Å². The molecule has 1 aliphatic heterocycles. The summed E-state index contributed by atoms with van der Waals surface area (Å²) >= 11 is 6.15. The van der Waals surface area contributed by atoms with Gasteiger partial charge in [-0.25, -0.2) is 13.2 Å². The van der Waals surface area contributed by atoms with Gasteiger partial charge in [-0.1, -0.05) is 25.4 Å². The molecule has 2 rings (SSSR count). The average molecular weight is 431 g/mol. The first kappa shape index (κ1) is 22.9. The van der Waals surface area contributed by atoms with Crippen molar-refractivity contribution < 1.29 is 13.2 Å². The van der Waals surface area contributed by atoms with Gasteiger partial charge in [0.1, 0.15) is 0 Å². The highest BCUT2D eigenvalue weighted by molar-refractivity contribution is 7.89. The molecule has 1 saturated heterocycles. The normalized spacial score (nSPS) is 16.3. The van der Waals surface area contributed by atoms with Crippen LogP contribution in [0.5, 0.6) is 0 Å². The van der Waals surface area contributed by atoms with Gasteiger partial charge in [0.15, 0.2) is 0 Å². The first-order valence-corrected chi connectivity index (χ1v) is 11.6. The zero-order valence-corrected chi connectivity index (χ0v) is 18.4. The van der Waals surface area contributed by atoms with E-state index < -0.39 is 10.0 Å². The molecule has 0 spiro atoms. The molecule has 1 aromatic carbocycles. The monoisotopic (exact) mass is 430 g/mol. The number of piperidine rings is 1. The highest BCUT2D eigenvalue weighted by Crippen LogP contribution is 2.27. The van der Waals surface area contributed by atoms with E-state index in [0.717, 1.165) is 32.4 Å². The summed E-state index contributed by atoms with van der Waals surface area (Å²) in [5.74, 6) is 0.627. The number of carbonyl (C=O) groups is 1. The lowest BCUT2D eigenvalue weighted by Gasteiger charge is -2.28. The number of carbonyl (C=O) groups excluding carboxylic acids is 1. The van der Waals surface area contributed by atoms with E-state index in [1.807, 2.05) is 0 Å². The molecule has 0 unspecified atom stereocenters. The Hall–Kier alpha value is -1.35. The number of halogens is 1. The molecule has 1 heterocycles. The van der Waals surface area contributed by atoms with Gasteiger partial charge >= 0.3 is 6.03 Å². The Balaban J connectivity index is 1.95. The van der Waals surface area contributed by atoms with Crippen LogP contribution in [-0.4, -0.2) is 63.4 Å². The number of nitrogens with zero attached hydrogens (tertiary/aromatic N) is 2. The van der Waals surface area contributed by atoms with Gasteiger partial charge in [-0.2, -0.15) is 4.31 Å². The predicted octanol–water partition coefficient (Wildman–Crippen LogP) is 3.22. The first-order chi connectivity index (χ1) is 13.3. The highest BCUT2D eigenvalue weighted by atomic mass is 35.5. The fourth-order valence-electron chi connectivity index (χ4n) is 3.38. The smallest absolute Gasteiger partial charge is 0.319 e. The molecule has 1 aromatic rings. The predicted molar refractivity (Wildman–Crippen MR) is 113 cm³/mol. The Bertz CT molecular complexity index is 760. The zero-order chi connectivity index (χ0) is 20.7. The Morgan fingerprint density at radius 2 is 1.89 bits per heavy atom. The van der Waals surface area contributed by atoms with Crippen molar-refractivity contribution in [1.82, 2.24) is 14.5 Å². The van der Waals surface area contributed by atoms with Crippen LogP contribution in [0.2, 0.25) is 5.02 Å². The number of nitrogens with one attached hydrogen (secondary N) is 2. The zero-order valence-electron chi connectivity index (χ0n) is 16.9. The number of rotatable bonds is 8. The Morgan fingerprint density at radius 1 is 1.25 bits per heavy atom. The Labute approximate surface area is 173 Å². The van der Waals surface area contributed by atoms with Crippen LogP contribution in [0, 0.1) is 5.92 Å². The summed E-state index contributed by atoms with van der Waals surface area (Å²) in [4.78, 5) is 14.6. The number of hydrogen-bond donors (Lipinski definition) is 2. The lowest BCUT2D eigenvalue weighted by Crippen LogP contribution is -2.34. The van der Waals surface area contributed by atoms with Crippen LogP contribution in [-0.2, 0) is 10.0 Å². The lowest BCUT2D eigenvalue weighted by atomic mass is 9.94. The van der Waals surface area contributed by atoms with E-state index in [1.165, 1.54) is 22.5 Å². The van der Waals surface area contributed by atoms with Gasteiger partial charge in [-0.05, 0) is 63.5 Å². The fraction of sp³-hybridized carbons (Fsp3) is 0.632. The average Bonchev–Trinajstić information content (AvgIpc) is 2.66. The fourth-order valence-corrected chi connectivity index (χ4v) is 5.03. The van der Waals surface area contributed by atoms with E-state index in [0.29, 0.717) is 30.6 Å². The summed E-state index contributed by atoms with van der Waals surface area (Å²) < 4.78 is 26.7. The summed E-state index contributed by atoms with van der Waals surface area (Å²) in [6.07, 6.45) is 3.24. The summed E-state index contributed by atoms with van der Waals surface area (Å²) in [5.41, 5.74) is 0.284. The van der Waals surface area contributed by atoms with Crippen molar-refractivity contribution in [1.29, 1.82) is 0 Å². The molecule has 1 fully saturated rings. The molecule has 0 saturated carbocycles. The molecular weight excluding hydrogens is 400 g/mol. The minimum atomic E-state index is -3.61. The van der Waals surface area contributed by atoms with Crippen LogP contribution in [0.3, 0.4) is 0 Å². The number of amides is 2. The summed E-state index contributed by atoms with van der Waals surface area (Å²) in [7, 11) is -1.49. The second-order valence-electron chi connectivity index (χ2n) is 7.15. The third-order valence-corrected chi connectivity index (χ3v) is 7.58. The largest absolute Gasteiger partial charge is 0.338 e. The molecule has 1 aliphatic rings. The van der Waals surface area contributed by atoms with Crippen molar-refractivity contribution in [3.05, 3.63) is 23.2 Å². The second-order valence-corrected chi connectivity index (χ2v) is 9.49. The Morgan fingerprint density at radius 3 is 2.50 bits per heavy atom. The SMILES string of the molecule is CCN(CC)S(=O)(=O)c1ccc(Cl)c(NC(=O)NCCC2CCN(C)CC2)c1. The molecule has 0 aliphatic carbocycles. The second kappa shape index (κ2) is 10.4. The summed E-state index contributed by atoms with van der Waals surface area (Å²) in [6, 6.07) is 3.98. The van der Waals surface area contributed by atoms with E-state index in [1.54, 1.807) is 13.8 Å². The minimum absolute atomic E-state index is 0.113. The topological polar surface area (TPSA) is 81.8 Å². The number of hydrogen-bond acceptors (Lipinski definition) is 4. The number of benzene rings is 1. The Kier molecular flexibility index (Phi) is 8.55. The van der Waals surface area contributed by atoms with Crippen LogP contribution < -0.4 is 10.6 Å². The van der Waals surface area contributed by atoms with E-state index in [9.17, 15) is 13.2 Å². The molecule has 2 N–H and O–H groups in total. The third-order valence-electron chi connectivity index (χ3n) is 5.21. The summed E-state index contributed by atoms with van der Waals surface area (Å²) in [6.45, 7) is 7.10. The van der Waals surface area contributed by atoms with Gasteiger partial charge in [0.05, 0.1) is 15.6 Å². The third kappa shape index (κ3) is 6.07. The van der Waals surface area contributed by atoms with Gasteiger partial charge in [-0.3, -0.25) is 0 Å².